The van der Waals surface area contributed by atoms with E-state index in [1.165, 1.54) is 11.0 Å². The lowest BCUT2D eigenvalue weighted by Gasteiger charge is -2.50. The van der Waals surface area contributed by atoms with E-state index in [2.05, 4.69) is 16.8 Å². The van der Waals surface area contributed by atoms with Crippen molar-refractivity contribution in [1.29, 1.82) is 0 Å². The quantitative estimate of drug-likeness (QED) is 0.291. The molecule has 1 aliphatic heterocycles. The number of benzene rings is 2. The summed E-state index contributed by atoms with van der Waals surface area (Å²) in [5, 5.41) is 45.5. The number of likely N-dealkylation sites (N-methyl/N-ethyl adjacent to an activating group) is 2. The summed E-state index contributed by atoms with van der Waals surface area (Å²) in [4.78, 5) is 45.9. The number of piperazine rings is 1. The van der Waals surface area contributed by atoms with Gasteiger partial charge in [0.2, 0.25) is 5.78 Å². The zero-order chi connectivity index (χ0) is 33.2. The molecular formula is C34H40N4O8. The van der Waals surface area contributed by atoms with Gasteiger partial charge < -0.3 is 35.8 Å². The summed E-state index contributed by atoms with van der Waals surface area (Å²) in [5.74, 6) is -6.00. The van der Waals surface area contributed by atoms with Crippen LogP contribution >= 0.6 is 0 Å². The minimum absolute atomic E-state index is 0.0259. The number of aromatic hydroxyl groups is 1. The van der Waals surface area contributed by atoms with Crippen LogP contribution in [0.5, 0.6) is 11.5 Å². The monoisotopic (exact) mass is 632 g/mol. The van der Waals surface area contributed by atoms with Crippen LogP contribution in [0.4, 0.5) is 0 Å². The van der Waals surface area contributed by atoms with E-state index in [-0.39, 0.29) is 29.7 Å². The molecule has 6 N–H and O–H groups in total. The standard InChI is InChI=1S/C34H40N4O8/c1-36(2)28-22-15-18-14-21-20(17-5-8-24(46-4)19(13-17)16-38-11-9-37(3)10-12-38)6-7-23(39)26(21)29(40)25(18)31(42)34(22,45)32(43)27(30(28)41)33(35)44/h5-8,13,18,22,28,39-40,43,45H,9-12,14-16H2,1-4H3,(H2,35,44)/t18-,22-,28-,34-/m0/s1. The number of primary amides is 1. The van der Waals surface area contributed by atoms with E-state index in [0.717, 1.165) is 48.6 Å². The molecule has 0 unspecified atom stereocenters. The first kappa shape index (κ1) is 31.7. The minimum atomic E-state index is -2.67. The summed E-state index contributed by atoms with van der Waals surface area (Å²) < 4.78 is 5.69. The second-order valence-electron chi connectivity index (χ2n) is 13.1. The first-order chi connectivity index (χ1) is 21.8. The Morgan fingerprint density at radius 2 is 1.78 bits per heavy atom. The van der Waals surface area contributed by atoms with Gasteiger partial charge in [-0.1, -0.05) is 12.1 Å². The first-order valence-electron chi connectivity index (χ1n) is 15.4. The number of aliphatic hydroxyl groups excluding tert-OH is 2. The van der Waals surface area contributed by atoms with Crippen molar-refractivity contribution in [3.05, 3.63) is 63.9 Å². The normalized spacial score (nSPS) is 27.0. The Kier molecular flexibility index (Phi) is 7.96. The highest BCUT2D eigenvalue weighted by Crippen LogP contribution is 2.53. The Morgan fingerprint density at radius 3 is 2.41 bits per heavy atom. The number of aliphatic hydroxyl groups is 3. The second kappa shape index (κ2) is 11.5. The number of fused-ring (bicyclic) bond motifs is 3. The highest BCUT2D eigenvalue weighted by Gasteiger charge is 2.64. The highest BCUT2D eigenvalue weighted by atomic mass is 16.5. The number of nitrogens with zero attached hydrogens (tertiary/aromatic N) is 3. The number of ether oxygens (including phenoxy) is 1. The van der Waals surface area contributed by atoms with Gasteiger partial charge >= 0.3 is 0 Å². The van der Waals surface area contributed by atoms with Gasteiger partial charge in [-0.25, -0.2) is 0 Å². The Balaban J connectivity index is 1.46. The van der Waals surface area contributed by atoms with Gasteiger partial charge in [-0.3, -0.25) is 24.2 Å². The number of phenols is 1. The number of ketones is 2. The fourth-order valence-corrected chi connectivity index (χ4v) is 7.83. The first-order valence-corrected chi connectivity index (χ1v) is 15.4. The predicted octanol–water partition coefficient (Wildman–Crippen LogP) is 1.39. The van der Waals surface area contributed by atoms with Crippen LogP contribution in [0.2, 0.25) is 0 Å². The van der Waals surface area contributed by atoms with Gasteiger partial charge in [0, 0.05) is 49.8 Å². The molecule has 2 aromatic carbocycles. The summed E-state index contributed by atoms with van der Waals surface area (Å²) in [7, 11) is 6.89. The second-order valence-corrected chi connectivity index (χ2v) is 13.1. The largest absolute Gasteiger partial charge is 0.508 e. The summed E-state index contributed by atoms with van der Waals surface area (Å²) >= 11 is 0. The minimum Gasteiger partial charge on any atom is -0.508 e. The Bertz CT molecular complexity index is 1710. The van der Waals surface area contributed by atoms with E-state index < -0.39 is 58.0 Å². The van der Waals surface area contributed by atoms with E-state index in [1.807, 2.05) is 18.2 Å². The lowest BCUT2D eigenvalue weighted by atomic mass is 9.57. The molecule has 3 aliphatic carbocycles. The van der Waals surface area contributed by atoms with E-state index >= 15 is 0 Å². The number of hydrogen-bond acceptors (Lipinski definition) is 11. The molecular weight excluding hydrogens is 592 g/mol. The third kappa shape index (κ3) is 4.79. The molecule has 0 radical (unpaired) electrons. The molecule has 46 heavy (non-hydrogen) atoms. The molecule has 1 saturated carbocycles. The summed E-state index contributed by atoms with van der Waals surface area (Å²) in [6.07, 6.45) is 0.232. The zero-order valence-electron chi connectivity index (χ0n) is 26.4. The van der Waals surface area contributed by atoms with Gasteiger partial charge in [-0.05, 0) is 74.8 Å². The maximum atomic E-state index is 14.1. The third-order valence-corrected chi connectivity index (χ3v) is 10.2. The highest BCUT2D eigenvalue weighted by molar-refractivity contribution is 6.24. The molecule has 4 atom stereocenters. The van der Waals surface area contributed by atoms with Crippen LogP contribution in [0.1, 0.15) is 23.1 Å². The van der Waals surface area contributed by atoms with Gasteiger partial charge in [0.1, 0.15) is 28.6 Å². The summed E-state index contributed by atoms with van der Waals surface area (Å²) in [5.41, 5.74) is 4.97. The van der Waals surface area contributed by atoms with Gasteiger partial charge in [-0.15, -0.1) is 0 Å². The molecule has 2 fully saturated rings. The van der Waals surface area contributed by atoms with Crippen LogP contribution in [0.25, 0.3) is 16.9 Å². The Hall–Kier alpha value is -4.23. The van der Waals surface area contributed by atoms with Crippen molar-refractivity contribution in [3.8, 4) is 22.6 Å². The van der Waals surface area contributed by atoms with Crippen molar-refractivity contribution in [2.45, 2.75) is 31.0 Å². The molecule has 1 amide bonds. The van der Waals surface area contributed by atoms with Gasteiger partial charge in [0.05, 0.1) is 18.7 Å². The fraction of sp³-hybridized carbons (Fsp3) is 0.441. The number of nitrogens with two attached hydrogens (primary N) is 1. The van der Waals surface area contributed by atoms with Crippen molar-refractivity contribution in [3.63, 3.8) is 0 Å². The Labute approximate surface area is 267 Å². The number of hydrogen-bond donors (Lipinski definition) is 5. The maximum Gasteiger partial charge on any atom is 0.255 e. The van der Waals surface area contributed by atoms with Crippen LogP contribution in [0.3, 0.4) is 0 Å². The molecule has 12 heteroatoms. The number of carbonyl (C=O) groups is 3. The van der Waals surface area contributed by atoms with E-state index in [4.69, 9.17) is 10.5 Å². The average Bonchev–Trinajstić information content (AvgIpc) is 3.00. The molecule has 4 aliphatic rings. The number of amides is 1. The van der Waals surface area contributed by atoms with Crippen molar-refractivity contribution < 1.29 is 39.5 Å². The molecule has 0 aromatic heterocycles. The van der Waals surface area contributed by atoms with Gasteiger partial charge in [-0.2, -0.15) is 0 Å². The predicted molar refractivity (Wildman–Crippen MR) is 169 cm³/mol. The lowest BCUT2D eigenvalue weighted by Crippen LogP contribution is -2.65. The lowest BCUT2D eigenvalue weighted by molar-refractivity contribution is -0.153. The van der Waals surface area contributed by atoms with Crippen LogP contribution in [0.15, 0.2) is 47.2 Å². The number of phenolic OH excluding ortho intramolecular Hbond substituents is 1. The van der Waals surface area contributed by atoms with E-state index in [1.54, 1.807) is 27.3 Å². The van der Waals surface area contributed by atoms with Crippen molar-refractivity contribution in [1.82, 2.24) is 14.7 Å². The maximum absolute atomic E-state index is 14.1. The van der Waals surface area contributed by atoms with Crippen LogP contribution < -0.4 is 10.5 Å². The van der Waals surface area contributed by atoms with Crippen molar-refractivity contribution in [2.24, 2.45) is 17.6 Å². The molecule has 2 aromatic rings. The van der Waals surface area contributed by atoms with Gasteiger partial charge in [0.25, 0.3) is 5.91 Å². The SMILES string of the molecule is COc1ccc(-c2ccc(O)c3c2C[C@H]2C[C@H]4[C@H](N(C)C)C(=O)C(C(N)=O)=C(O)[C@@]4(O)C(=O)C2=C3O)cc1CN1CCN(C)CC1. The Morgan fingerprint density at radius 1 is 1.09 bits per heavy atom. The topological polar surface area (TPSA) is 177 Å². The van der Waals surface area contributed by atoms with Crippen molar-refractivity contribution >= 4 is 23.2 Å². The molecule has 244 valence electrons. The molecule has 1 heterocycles. The molecule has 1 saturated heterocycles. The average molecular weight is 633 g/mol. The van der Waals surface area contributed by atoms with E-state index in [0.29, 0.717) is 12.1 Å². The summed E-state index contributed by atoms with van der Waals surface area (Å²) in [6.45, 7) is 4.46. The molecule has 12 nitrogen and oxygen atoms in total. The zero-order valence-corrected chi connectivity index (χ0v) is 26.4. The number of carbonyl (C=O) groups excluding carboxylic acids is 3. The number of rotatable bonds is 6. The number of Topliss-reactive ketones (excluding diaryl/α,β-unsaturated/α-hetero) is 2. The van der Waals surface area contributed by atoms with Crippen molar-refractivity contribution in [2.75, 3.05) is 54.4 Å². The van der Waals surface area contributed by atoms with Crippen LogP contribution in [0, 0.1) is 11.8 Å². The molecule has 6 rings (SSSR count). The smallest absolute Gasteiger partial charge is 0.255 e. The molecule has 0 bridgehead atoms. The van der Waals surface area contributed by atoms with Gasteiger partial charge in [0.15, 0.2) is 11.4 Å². The van der Waals surface area contributed by atoms with Crippen LogP contribution in [-0.2, 0) is 27.3 Å². The van der Waals surface area contributed by atoms with E-state index in [9.17, 15) is 34.8 Å². The summed E-state index contributed by atoms with van der Waals surface area (Å²) in [6, 6.07) is 7.94. The fourth-order valence-electron chi connectivity index (χ4n) is 7.83. The molecule has 0 spiro atoms. The number of methoxy groups -OCH3 is 1. The van der Waals surface area contributed by atoms with Crippen LogP contribution in [-0.4, -0.2) is 119 Å². The third-order valence-electron chi connectivity index (χ3n) is 10.2.